The number of thiazole rings is 1. The van der Waals surface area contributed by atoms with E-state index >= 15 is 0 Å². The van der Waals surface area contributed by atoms with Gasteiger partial charge >= 0.3 is 12.4 Å². The molecule has 2 aromatic heterocycles. The van der Waals surface area contributed by atoms with Gasteiger partial charge in [-0.05, 0) is 36.4 Å². The van der Waals surface area contributed by atoms with E-state index in [1.165, 1.54) is 29.5 Å². The molecule has 4 rings (SSSR count). The SMILES string of the molecule is Fc1cccc2sc(Nc3nnc(-c4ccc(OC(F)(F)F)cc4)o3)nc12. The first kappa shape index (κ1) is 17.2. The van der Waals surface area contributed by atoms with E-state index in [0.29, 0.717) is 15.4 Å². The number of anilines is 2. The number of hydrogen-bond acceptors (Lipinski definition) is 7. The molecule has 0 aliphatic rings. The second-order valence-electron chi connectivity index (χ2n) is 5.22. The lowest BCUT2D eigenvalue weighted by atomic mass is 10.2. The fourth-order valence-electron chi connectivity index (χ4n) is 2.25. The van der Waals surface area contributed by atoms with Gasteiger partial charge in [0.1, 0.15) is 17.1 Å². The molecular formula is C16H8F4N4O2S. The average Bonchev–Trinajstić information content (AvgIpc) is 3.22. The van der Waals surface area contributed by atoms with Gasteiger partial charge in [0.15, 0.2) is 5.13 Å². The number of rotatable bonds is 4. The average molecular weight is 396 g/mol. The van der Waals surface area contributed by atoms with E-state index in [1.807, 2.05) is 0 Å². The summed E-state index contributed by atoms with van der Waals surface area (Å²) < 4.78 is 60.1. The molecule has 0 amide bonds. The first-order chi connectivity index (χ1) is 12.9. The molecule has 0 radical (unpaired) electrons. The smallest absolute Gasteiger partial charge is 0.406 e. The largest absolute Gasteiger partial charge is 0.573 e. The first-order valence-corrected chi connectivity index (χ1v) is 8.21. The lowest BCUT2D eigenvalue weighted by Crippen LogP contribution is -2.16. The Kier molecular flexibility index (Phi) is 4.15. The predicted molar refractivity (Wildman–Crippen MR) is 89.3 cm³/mol. The van der Waals surface area contributed by atoms with Crippen LogP contribution in [-0.4, -0.2) is 21.5 Å². The molecule has 4 aromatic rings. The van der Waals surface area contributed by atoms with Crippen molar-refractivity contribution >= 4 is 32.7 Å². The molecule has 0 bridgehead atoms. The van der Waals surface area contributed by atoms with Gasteiger partial charge in [-0.1, -0.05) is 22.5 Å². The van der Waals surface area contributed by atoms with Gasteiger partial charge < -0.3 is 9.15 Å². The highest BCUT2D eigenvalue weighted by Crippen LogP contribution is 2.31. The second kappa shape index (κ2) is 6.50. The van der Waals surface area contributed by atoms with Gasteiger partial charge in [0.25, 0.3) is 0 Å². The Hall–Kier alpha value is -3.21. The maximum Gasteiger partial charge on any atom is 0.573 e. The number of para-hydroxylation sites is 1. The summed E-state index contributed by atoms with van der Waals surface area (Å²) in [7, 11) is 0. The van der Waals surface area contributed by atoms with E-state index in [4.69, 9.17) is 4.42 Å². The van der Waals surface area contributed by atoms with E-state index in [2.05, 4.69) is 25.2 Å². The predicted octanol–water partition coefficient (Wildman–Crippen LogP) is 5.13. The van der Waals surface area contributed by atoms with Crippen LogP contribution in [0.4, 0.5) is 28.7 Å². The first-order valence-electron chi connectivity index (χ1n) is 7.39. The van der Waals surface area contributed by atoms with Gasteiger partial charge in [-0.2, -0.15) is 0 Å². The minimum absolute atomic E-state index is 0.0140. The molecule has 0 aliphatic heterocycles. The fraction of sp³-hybridized carbons (Fsp3) is 0.0625. The molecule has 0 spiro atoms. The van der Waals surface area contributed by atoms with E-state index < -0.39 is 12.2 Å². The third-order valence-corrected chi connectivity index (χ3v) is 4.28. The number of benzene rings is 2. The highest BCUT2D eigenvalue weighted by atomic mass is 32.1. The number of hydrogen-bond donors (Lipinski definition) is 1. The Morgan fingerprint density at radius 3 is 2.52 bits per heavy atom. The highest BCUT2D eigenvalue weighted by molar-refractivity contribution is 7.22. The molecule has 1 N–H and O–H groups in total. The lowest BCUT2D eigenvalue weighted by molar-refractivity contribution is -0.274. The van der Waals surface area contributed by atoms with Crippen LogP contribution < -0.4 is 10.1 Å². The topological polar surface area (TPSA) is 73.1 Å². The summed E-state index contributed by atoms with van der Waals surface area (Å²) in [6.07, 6.45) is -4.76. The third-order valence-electron chi connectivity index (χ3n) is 3.34. The van der Waals surface area contributed by atoms with Crippen molar-refractivity contribution in [2.45, 2.75) is 6.36 Å². The molecule has 0 saturated carbocycles. The van der Waals surface area contributed by atoms with Crippen LogP contribution in [0.2, 0.25) is 0 Å². The summed E-state index contributed by atoms with van der Waals surface area (Å²) in [5.74, 6) is -0.715. The van der Waals surface area contributed by atoms with Crippen LogP contribution in [0.15, 0.2) is 46.9 Å². The molecule has 0 atom stereocenters. The molecule has 138 valence electrons. The Balaban J connectivity index is 1.52. The van der Waals surface area contributed by atoms with Crippen molar-refractivity contribution in [1.82, 2.24) is 15.2 Å². The zero-order valence-corrected chi connectivity index (χ0v) is 13.9. The standard InChI is InChI=1S/C16H8F4N4O2S/c17-10-2-1-3-11-12(10)21-15(27-11)22-14-24-23-13(25-14)8-4-6-9(7-5-8)26-16(18,19)20/h1-7H,(H,21,22,24). The normalized spacial score (nSPS) is 11.7. The van der Waals surface area contributed by atoms with Gasteiger partial charge in [-0.25, -0.2) is 9.37 Å². The number of aromatic nitrogens is 3. The number of nitrogens with one attached hydrogen (secondary N) is 1. The minimum atomic E-state index is -4.76. The number of fused-ring (bicyclic) bond motifs is 1. The lowest BCUT2D eigenvalue weighted by Gasteiger charge is -2.08. The summed E-state index contributed by atoms with van der Waals surface area (Å²) in [5, 5.41) is 10.8. The van der Waals surface area contributed by atoms with E-state index in [0.717, 1.165) is 12.1 Å². The summed E-state index contributed by atoms with van der Waals surface area (Å²) >= 11 is 1.21. The van der Waals surface area contributed by atoms with Gasteiger partial charge in [0.05, 0.1) is 4.70 Å². The molecule has 6 nitrogen and oxygen atoms in total. The Morgan fingerprint density at radius 1 is 1.04 bits per heavy atom. The number of alkyl halides is 3. The second-order valence-corrected chi connectivity index (χ2v) is 6.25. The quantitative estimate of drug-likeness (QED) is 0.482. The summed E-state index contributed by atoms with van der Waals surface area (Å²) in [4.78, 5) is 4.12. The molecule has 27 heavy (non-hydrogen) atoms. The van der Waals surface area contributed by atoms with Crippen molar-refractivity contribution < 1.29 is 26.7 Å². The van der Waals surface area contributed by atoms with Crippen LogP contribution in [0.3, 0.4) is 0 Å². The summed E-state index contributed by atoms with van der Waals surface area (Å²) in [6, 6.07) is 9.61. The van der Waals surface area contributed by atoms with Crippen molar-refractivity contribution in [2.24, 2.45) is 0 Å². The summed E-state index contributed by atoms with van der Waals surface area (Å²) in [5.41, 5.74) is 0.630. The van der Waals surface area contributed by atoms with Crippen LogP contribution in [0.1, 0.15) is 0 Å². The van der Waals surface area contributed by atoms with Gasteiger partial charge in [0.2, 0.25) is 5.89 Å². The zero-order valence-electron chi connectivity index (χ0n) is 13.1. The Morgan fingerprint density at radius 2 is 1.81 bits per heavy atom. The monoisotopic (exact) mass is 396 g/mol. The van der Waals surface area contributed by atoms with Gasteiger partial charge in [0, 0.05) is 5.56 Å². The minimum Gasteiger partial charge on any atom is -0.406 e. The van der Waals surface area contributed by atoms with Gasteiger partial charge in [-0.3, -0.25) is 5.32 Å². The maximum atomic E-state index is 13.7. The van der Waals surface area contributed by atoms with Crippen LogP contribution in [0.5, 0.6) is 5.75 Å². The van der Waals surface area contributed by atoms with E-state index in [9.17, 15) is 17.6 Å². The number of halogens is 4. The van der Waals surface area contributed by atoms with Crippen molar-refractivity contribution in [1.29, 1.82) is 0 Å². The number of ether oxygens (including phenoxy) is 1. The van der Waals surface area contributed by atoms with Crippen molar-refractivity contribution in [3.05, 3.63) is 48.3 Å². The van der Waals surface area contributed by atoms with Gasteiger partial charge in [-0.15, -0.1) is 18.3 Å². The Bertz CT molecular complexity index is 1090. The molecule has 2 heterocycles. The van der Waals surface area contributed by atoms with Crippen molar-refractivity contribution in [3.8, 4) is 17.2 Å². The third kappa shape index (κ3) is 3.82. The summed E-state index contributed by atoms with van der Waals surface area (Å²) in [6.45, 7) is 0. The van der Waals surface area contributed by atoms with E-state index in [1.54, 1.807) is 12.1 Å². The van der Waals surface area contributed by atoms with Crippen LogP contribution >= 0.6 is 11.3 Å². The fourth-order valence-corrected chi connectivity index (χ4v) is 3.12. The van der Waals surface area contributed by atoms with Crippen molar-refractivity contribution in [3.63, 3.8) is 0 Å². The molecule has 0 saturated heterocycles. The zero-order chi connectivity index (χ0) is 19.0. The Labute approximate surface area is 152 Å². The molecule has 0 fully saturated rings. The molecular weight excluding hydrogens is 388 g/mol. The van der Waals surface area contributed by atoms with Crippen LogP contribution in [-0.2, 0) is 0 Å². The van der Waals surface area contributed by atoms with Crippen LogP contribution in [0, 0.1) is 5.82 Å². The molecule has 0 aliphatic carbocycles. The van der Waals surface area contributed by atoms with Crippen LogP contribution in [0.25, 0.3) is 21.7 Å². The number of nitrogens with zero attached hydrogens (tertiary/aromatic N) is 3. The van der Waals surface area contributed by atoms with Crippen molar-refractivity contribution in [2.75, 3.05) is 5.32 Å². The van der Waals surface area contributed by atoms with E-state index in [-0.39, 0.29) is 23.2 Å². The highest BCUT2D eigenvalue weighted by Gasteiger charge is 2.31. The molecule has 0 unspecified atom stereocenters. The maximum absolute atomic E-state index is 13.7. The molecule has 2 aromatic carbocycles. The molecule has 11 heteroatoms.